The van der Waals surface area contributed by atoms with Crippen molar-refractivity contribution in [3.8, 4) is 0 Å². The van der Waals surface area contributed by atoms with Crippen molar-refractivity contribution in [1.29, 1.82) is 0 Å². The first-order valence-electron chi connectivity index (χ1n) is 8.74. The summed E-state index contributed by atoms with van der Waals surface area (Å²) in [4.78, 5) is 8.47. The second kappa shape index (κ2) is 9.98. The van der Waals surface area contributed by atoms with Gasteiger partial charge in [-0.2, -0.15) is 5.10 Å². The molecule has 3 rings (SSSR count). The van der Waals surface area contributed by atoms with Gasteiger partial charge in [0, 0.05) is 39.3 Å². The van der Waals surface area contributed by atoms with E-state index in [-0.39, 0.29) is 35.2 Å². The lowest BCUT2D eigenvalue weighted by Crippen LogP contribution is -2.48. The summed E-state index contributed by atoms with van der Waals surface area (Å²) in [6.07, 6.45) is 3.20. The summed E-state index contributed by atoms with van der Waals surface area (Å²) in [5, 5.41) is 10.7. The number of aromatic nitrogens is 3. The number of aryl methyl sites for hydroxylation is 1. The fourth-order valence-electron chi connectivity index (χ4n) is 3.26. The van der Waals surface area contributed by atoms with Crippen molar-refractivity contribution in [1.82, 2.24) is 25.4 Å². The normalized spacial score (nSPS) is 16.5. The fraction of sp³-hybridized carbons (Fsp3) is 0.500. The first-order chi connectivity index (χ1) is 12.6. The second-order valence-electron chi connectivity index (χ2n) is 6.48. The minimum atomic E-state index is -0.210. The van der Waals surface area contributed by atoms with Crippen LogP contribution in [0.5, 0.6) is 0 Å². The van der Waals surface area contributed by atoms with Gasteiger partial charge in [-0.3, -0.25) is 9.67 Å². The number of benzene rings is 1. The number of hydrogen-bond donors (Lipinski definition) is 2. The molecule has 1 aromatic carbocycles. The summed E-state index contributed by atoms with van der Waals surface area (Å²) >= 11 is 0. The third-order valence-corrected chi connectivity index (χ3v) is 4.92. The topological polar surface area (TPSA) is 76.4 Å². The minimum absolute atomic E-state index is 0. The molecule has 1 saturated heterocycles. The van der Waals surface area contributed by atoms with Crippen LogP contribution in [0.2, 0.25) is 0 Å². The van der Waals surface area contributed by atoms with E-state index in [1.807, 2.05) is 13.1 Å². The van der Waals surface area contributed by atoms with E-state index in [0.29, 0.717) is 32.3 Å². The molecule has 0 bridgehead atoms. The molecule has 0 atom stereocenters. The summed E-state index contributed by atoms with van der Waals surface area (Å²) in [7, 11) is 3.58. The van der Waals surface area contributed by atoms with Crippen molar-refractivity contribution >= 4 is 29.9 Å². The first-order valence-corrected chi connectivity index (χ1v) is 8.74. The molecule has 1 aliphatic rings. The summed E-state index contributed by atoms with van der Waals surface area (Å²) < 4.78 is 21.0. The molecule has 0 aliphatic carbocycles. The lowest BCUT2D eigenvalue weighted by Gasteiger charge is -2.38. The van der Waals surface area contributed by atoms with E-state index in [4.69, 9.17) is 4.74 Å². The second-order valence-corrected chi connectivity index (χ2v) is 6.48. The molecule has 148 valence electrons. The smallest absolute Gasteiger partial charge is 0.191 e. The molecule has 27 heavy (non-hydrogen) atoms. The monoisotopic (exact) mass is 488 g/mol. The number of aliphatic imine (C=N–C) groups is 1. The summed E-state index contributed by atoms with van der Waals surface area (Å²) in [6.45, 7) is 2.51. The Labute approximate surface area is 175 Å². The predicted molar refractivity (Wildman–Crippen MR) is 113 cm³/mol. The van der Waals surface area contributed by atoms with Crippen molar-refractivity contribution in [2.45, 2.75) is 24.8 Å². The van der Waals surface area contributed by atoms with Gasteiger partial charge >= 0.3 is 0 Å². The average molecular weight is 488 g/mol. The van der Waals surface area contributed by atoms with Crippen LogP contribution in [0.4, 0.5) is 4.39 Å². The molecular weight excluding hydrogens is 462 g/mol. The Bertz CT molecular complexity index is 760. The number of hydrogen-bond acceptors (Lipinski definition) is 4. The minimum Gasteiger partial charge on any atom is -0.381 e. The number of rotatable bonds is 5. The van der Waals surface area contributed by atoms with Crippen LogP contribution in [0.15, 0.2) is 35.6 Å². The van der Waals surface area contributed by atoms with E-state index in [9.17, 15) is 4.39 Å². The van der Waals surface area contributed by atoms with Gasteiger partial charge in [-0.25, -0.2) is 9.37 Å². The van der Waals surface area contributed by atoms with Gasteiger partial charge in [0.1, 0.15) is 18.0 Å². The molecule has 9 heteroatoms. The predicted octanol–water partition coefficient (Wildman–Crippen LogP) is 1.99. The Morgan fingerprint density at radius 1 is 1.33 bits per heavy atom. The molecular formula is C18H26FIN6O. The van der Waals surface area contributed by atoms with Gasteiger partial charge in [0.05, 0.1) is 6.54 Å². The highest BCUT2D eigenvalue weighted by molar-refractivity contribution is 14.0. The van der Waals surface area contributed by atoms with Crippen molar-refractivity contribution in [3.63, 3.8) is 0 Å². The van der Waals surface area contributed by atoms with Crippen LogP contribution in [0.3, 0.4) is 0 Å². The molecule has 1 aliphatic heterocycles. The van der Waals surface area contributed by atoms with Crippen LogP contribution in [0.1, 0.15) is 24.2 Å². The van der Waals surface area contributed by atoms with Crippen LogP contribution in [-0.4, -0.2) is 47.5 Å². The summed E-state index contributed by atoms with van der Waals surface area (Å²) in [5.74, 6) is 1.28. The molecule has 1 fully saturated rings. The summed E-state index contributed by atoms with van der Waals surface area (Å²) in [6, 6.07) is 6.86. The van der Waals surface area contributed by atoms with Gasteiger partial charge in [0.15, 0.2) is 5.96 Å². The largest absolute Gasteiger partial charge is 0.381 e. The zero-order chi connectivity index (χ0) is 18.4. The zero-order valence-corrected chi connectivity index (χ0v) is 17.9. The van der Waals surface area contributed by atoms with E-state index in [1.54, 1.807) is 23.9 Å². The van der Waals surface area contributed by atoms with Crippen LogP contribution in [-0.2, 0) is 23.7 Å². The molecule has 7 nitrogen and oxygen atoms in total. The van der Waals surface area contributed by atoms with Gasteiger partial charge in [-0.15, -0.1) is 24.0 Å². The molecule has 2 heterocycles. The van der Waals surface area contributed by atoms with Crippen molar-refractivity contribution < 1.29 is 9.13 Å². The number of nitrogens with zero attached hydrogens (tertiary/aromatic N) is 4. The average Bonchev–Trinajstić information content (AvgIpc) is 3.07. The van der Waals surface area contributed by atoms with E-state index < -0.39 is 0 Å². The molecule has 0 radical (unpaired) electrons. The first kappa shape index (κ1) is 21.5. The molecule has 0 amide bonds. The Hall–Kier alpha value is -1.75. The van der Waals surface area contributed by atoms with E-state index in [2.05, 4.69) is 25.7 Å². The van der Waals surface area contributed by atoms with E-state index >= 15 is 0 Å². The number of nitrogens with one attached hydrogen (secondary N) is 2. The quantitative estimate of drug-likeness (QED) is 0.383. The number of halogens is 2. The maximum atomic E-state index is 13.8. The highest BCUT2D eigenvalue weighted by Gasteiger charge is 2.34. The zero-order valence-electron chi connectivity index (χ0n) is 15.6. The third kappa shape index (κ3) is 5.38. The van der Waals surface area contributed by atoms with Gasteiger partial charge in [0.2, 0.25) is 0 Å². The highest BCUT2D eigenvalue weighted by Crippen LogP contribution is 2.34. The Morgan fingerprint density at radius 3 is 2.74 bits per heavy atom. The number of ether oxygens (including phenoxy) is 1. The van der Waals surface area contributed by atoms with Gasteiger partial charge in [-0.05, 0) is 30.5 Å². The van der Waals surface area contributed by atoms with Gasteiger partial charge in [0.25, 0.3) is 0 Å². The van der Waals surface area contributed by atoms with Crippen molar-refractivity contribution in [3.05, 3.63) is 47.8 Å². The van der Waals surface area contributed by atoms with E-state index in [1.165, 1.54) is 12.4 Å². The molecule has 0 unspecified atom stereocenters. The Morgan fingerprint density at radius 2 is 2.11 bits per heavy atom. The SMILES string of the molecule is CN=C(NCc1ncnn1C)NCC1(c2cccc(F)c2)CCOCC1.I. The van der Waals surface area contributed by atoms with Crippen LogP contribution < -0.4 is 10.6 Å². The van der Waals surface area contributed by atoms with Crippen molar-refractivity contribution in [2.24, 2.45) is 12.0 Å². The Balaban J connectivity index is 0.00000261. The third-order valence-electron chi connectivity index (χ3n) is 4.92. The number of guanidine groups is 1. The molecule has 0 spiro atoms. The lowest BCUT2D eigenvalue weighted by atomic mass is 9.74. The van der Waals surface area contributed by atoms with Gasteiger partial charge < -0.3 is 15.4 Å². The maximum Gasteiger partial charge on any atom is 0.191 e. The van der Waals surface area contributed by atoms with Crippen molar-refractivity contribution in [2.75, 3.05) is 26.8 Å². The maximum absolute atomic E-state index is 13.8. The van der Waals surface area contributed by atoms with Crippen LogP contribution in [0, 0.1) is 5.82 Å². The molecule has 2 N–H and O–H groups in total. The standard InChI is InChI=1S/C18H25FN6O.HI/c1-20-17(21-11-16-23-13-24-25(16)2)22-12-18(6-8-26-9-7-18)14-4-3-5-15(19)10-14;/h3-5,10,13H,6-9,11-12H2,1-2H3,(H2,20,21,22);1H. The molecule has 0 saturated carbocycles. The van der Waals surface area contributed by atoms with Gasteiger partial charge in [-0.1, -0.05) is 12.1 Å². The molecule has 2 aromatic rings. The highest BCUT2D eigenvalue weighted by atomic mass is 127. The molecule has 1 aromatic heterocycles. The summed E-state index contributed by atoms with van der Waals surface area (Å²) in [5.41, 5.74) is 0.819. The lowest BCUT2D eigenvalue weighted by molar-refractivity contribution is 0.0513. The van der Waals surface area contributed by atoms with Crippen LogP contribution in [0.25, 0.3) is 0 Å². The Kier molecular flexibility index (Phi) is 7.96. The van der Waals surface area contributed by atoms with Crippen LogP contribution >= 0.6 is 24.0 Å². The fourth-order valence-corrected chi connectivity index (χ4v) is 3.26. The van der Waals surface area contributed by atoms with E-state index in [0.717, 1.165) is 24.2 Å².